The van der Waals surface area contributed by atoms with Gasteiger partial charge in [0.15, 0.2) is 0 Å². The lowest BCUT2D eigenvalue weighted by atomic mass is 10.3. The van der Waals surface area contributed by atoms with Gasteiger partial charge in [-0.15, -0.1) is 0 Å². The van der Waals surface area contributed by atoms with Crippen molar-refractivity contribution < 1.29 is 13.6 Å². The SMILES string of the molecule is O=P(Cl)(Oc1ccccc1)OC(Cl)Cl. The first-order chi connectivity index (χ1) is 6.49. The second kappa shape index (κ2) is 5.24. The molecule has 1 aromatic rings. The fourth-order valence-electron chi connectivity index (χ4n) is 0.724. The zero-order valence-corrected chi connectivity index (χ0v) is 9.93. The smallest absolute Gasteiger partial charge is 0.413 e. The predicted molar refractivity (Wildman–Crippen MR) is 57.1 cm³/mol. The Bertz CT molecular complexity index is 330. The first-order valence-electron chi connectivity index (χ1n) is 3.50. The molecular weight excluding hydrogens is 269 g/mol. The average molecular weight is 275 g/mol. The van der Waals surface area contributed by atoms with Gasteiger partial charge in [-0.05, 0) is 12.1 Å². The minimum Gasteiger partial charge on any atom is -0.413 e. The molecule has 0 spiro atoms. The van der Waals surface area contributed by atoms with Crippen LogP contribution in [0, 0.1) is 0 Å². The van der Waals surface area contributed by atoms with Crippen molar-refractivity contribution in [3.63, 3.8) is 0 Å². The number of hydrogen-bond donors (Lipinski definition) is 0. The van der Waals surface area contributed by atoms with Crippen molar-refractivity contribution in [2.75, 3.05) is 0 Å². The molecule has 0 bridgehead atoms. The maximum atomic E-state index is 11.3. The van der Waals surface area contributed by atoms with Crippen LogP contribution >= 0.6 is 41.4 Å². The van der Waals surface area contributed by atoms with Crippen molar-refractivity contribution in [1.82, 2.24) is 0 Å². The van der Waals surface area contributed by atoms with Crippen LogP contribution in [0.25, 0.3) is 0 Å². The normalized spacial score (nSPS) is 15.1. The molecular formula is C7H6Cl3O3P. The Balaban J connectivity index is 2.64. The third-order valence-electron chi connectivity index (χ3n) is 1.16. The molecule has 1 aromatic carbocycles. The van der Waals surface area contributed by atoms with Crippen LogP contribution in [0.15, 0.2) is 30.3 Å². The molecule has 14 heavy (non-hydrogen) atoms. The average Bonchev–Trinajstić information content (AvgIpc) is 2.02. The van der Waals surface area contributed by atoms with E-state index >= 15 is 0 Å². The highest BCUT2D eigenvalue weighted by molar-refractivity contribution is 7.81. The van der Waals surface area contributed by atoms with Crippen LogP contribution in [0.4, 0.5) is 0 Å². The Morgan fingerprint density at radius 1 is 1.21 bits per heavy atom. The Morgan fingerprint density at radius 2 is 1.79 bits per heavy atom. The van der Waals surface area contributed by atoms with Gasteiger partial charge in [-0.25, -0.2) is 4.57 Å². The summed E-state index contributed by atoms with van der Waals surface area (Å²) in [5, 5.41) is -1.29. The molecule has 0 heterocycles. The van der Waals surface area contributed by atoms with Gasteiger partial charge in [0.1, 0.15) is 5.75 Å². The molecule has 0 amide bonds. The van der Waals surface area contributed by atoms with Crippen molar-refractivity contribution in [2.45, 2.75) is 5.02 Å². The maximum Gasteiger partial charge on any atom is 0.479 e. The van der Waals surface area contributed by atoms with E-state index < -0.39 is 12.0 Å². The van der Waals surface area contributed by atoms with Gasteiger partial charge in [-0.3, -0.25) is 4.52 Å². The molecule has 1 rings (SSSR count). The lowest BCUT2D eigenvalue weighted by molar-refractivity contribution is 0.303. The summed E-state index contributed by atoms with van der Waals surface area (Å²) in [5.41, 5.74) is 0. The molecule has 1 atom stereocenters. The van der Waals surface area contributed by atoms with E-state index in [1.54, 1.807) is 30.3 Å². The van der Waals surface area contributed by atoms with Crippen molar-refractivity contribution in [1.29, 1.82) is 0 Å². The fourth-order valence-corrected chi connectivity index (χ4v) is 2.68. The molecule has 0 aliphatic heterocycles. The highest BCUT2D eigenvalue weighted by Crippen LogP contribution is 2.55. The topological polar surface area (TPSA) is 35.5 Å². The third kappa shape index (κ3) is 4.54. The number of benzene rings is 1. The molecule has 0 aliphatic carbocycles. The van der Waals surface area contributed by atoms with Crippen molar-refractivity contribution in [3.05, 3.63) is 30.3 Å². The zero-order chi connectivity index (χ0) is 10.6. The summed E-state index contributed by atoms with van der Waals surface area (Å²) in [7, 11) is 0. The predicted octanol–water partition coefficient (Wildman–Crippen LogP) is 4.19. The van der Waals surface area contributed by atoms with Crippen LogP contribution in [0.1, 0.15) is 0 Å². The first-order valence-corrected chi connectivity index (χ1v) is 6.82. The van der Waals surface area contributed by atoms with Crippen molar-refractivity contribution >= 4 is 41.4 Å². The quantitative estimate of drug-likeness (QED) is 0.610. The minimum atomic E-state index is -3.76. The molecule has 7 heteroatoms. The summed E-state index contributed by atoms with van der Waals surface area (Å²) in [6.07, 6.45) is 0. The zero-order valence-electron chi connectivity index (χ0n) is 6.77. The van der Waals surface area contributed by atoms with Gasteiger partial charge in [0.2, 0.25) is 5.02 Å². The monoisotopic (exact) mass is 274 g/mol. The Labute approximate surface area is 96.2 Å². The van der Waals surface area contributed by atoms with Crippen LogP contribution in [0.2, 0.25) is 0 Å². The number of para-hydroxylation sites is 1. The van der Waals surface area contributed by atoms with Gasteiger partial charge in [0.25, 0.3) is 0 Å². The van der Waals surface area contributed by atoms with E-state index in [0.29, 0.717) is 5.75 Å². The number of alkyl halides is 2. The second-order valence-electron chi connectivity index (χ2n) is 2.20. The summed E-state index contributed by atoms with van der Waals surface area (Å²) in [6, 6.07) is 8.33. The Morgan fingerprint density at radius 3 is 2.29 bits per heavy atom. The van der Waals surface area contributed by atoms with Gasteiger partial charge >= 0.3 is 6.95 Å². The molecule has 0 saturated carbocycles. The molecule has 3 nitrogen and oxygen atoms in total. The van der Waals surface area contributed by atoms with Crippen LogP contribution in [-0.2, 0) is 9.09 Å². The Hall–Kier alpha value is 0.0800. The second-order valence-corrected chi connectivity index (χ2v) is 5.71. The molecule has 1 unspecified atom stereocenters. The summed E-state index contributed by atoms with van der Waals surface area (Å²) in [6.45, 7) is -3.76. The van der Waals surface area contributed by atoms with Gasteiger partial charge in [0, 0.05) is 11.2 Å². The van der Waals surface area contributed by atoms with E-state index in [-0.39, 0.29) is 0 Å². The van der Waals surface area contributed by atoms with Gasteiger partial charge in [0.05, 0.1) is 0 Å². The molecule has 0 N–H and O–H groups in total. The fraction of sp³-hybridized carbons (Fsp3) is 0.143. The van der Waals surface area contributed by atoms with E-state index in [4.69, 9.17) is 39.0 Å². The van der Waals surface area contributed by atoms with E-state index in [2.05, 4.69) is 4.52 Å². The van der Waals surface area contributed by atoms with Gasteiger partial charge in [-0.1, -0.05) is 41.4 Å². The van der Waals surface area contributed by atoms with Crippen LogP contribution in [-0.4, -0.2) is 5.02 Å². The van der Waals surface area contributed by atoms with Crippen molar-refractivity contribution in [2.24, 2.45) is 0 Å². The van der Waals surface area contributed by atoms with Crippen LogP contribution in [0.3, 0.4) is 0 Å². The number of hydrogen-bond acceptors (Lipinski definition) is 3. The van der Waals surface area contributed by atoms with Crippen LogP contribution < -0.4 is 4.52 Å². The van der Waals surface area contributed by atoms with E-state index in [1.165, 1.54) is 0 Å². The van der Waals surface area contributed by atoms with E-state index in [1.807, 2.05) is 0 Å². The summed E-state index contributed by atoms with van der Waals surface area (Å²) in [5.74, 6) is 0.319. The molecule has 0 aromatic heterocycles. The third-order valence-corrected chi connectivity index (χ3v) is 2.93. The highest BCUT2D eigenvalue weighted by Gasteiger charge is 2.25. The lowest BCUT2D eigenvalue weighted by Gasteiger charge is -2.12. The first kappa shape index (κ1) is 12.2. The minimum absolute atomic E-state index is 0.319. The molecule has 0 saturated heterocycles. The van der Waals surface area contributed by atoms with Crippen molar-refractivity contribution in [3.8, 4) is 5.75 Å². The standard InChI is InChI=1S/C7H6Cl3O3P/c8-7(9)13-14(10,11)12-6-4-2-1-3-5-6/h1-5,7H. The molecule has 0 fully saturated rings. The molecule has 0 radical (unpaired) electrons. The van der Waals surface area contributed by atoms with E-state index in [9.17, 15) is 4.57 Å². The summed E-state index contributed by atoms with van der Waals surface area (Å²) in [4.78, 5) is 0. The maximum absolute atomic E-state index is 11.3. The highest BCUT2D eigenvalue weighted by atomic mass is 35.7. The summed E-state index contributed by atoms with van der Waals surface area (Å²) < 4.78 is 20.7. The lowest BCUT2D eigenvalue weighted by Crippen LogP contribution is -1.96. The molecule has 0 aliphatic rings. The van der Waals surface area contributed by atoms with Gasteiger partial charge < -0.3 is 4.52 Å². The van der Waals surface area contributed by atoms with Crippen LogP contribution in [0.5, 0.6) is 5.75 Å². The molecule has 78 valence electrons. The number of rotatable bonds is 4. The van der Waals surface area contributed by atoms with Gasteiger partial charge in [-0.2, -0.15) is 0 Å². The van der Waals surface area contributed by atoms with E-state index in [0.717, 1.165) is 0 Å². The number of halogens is 3. The summed E-state index contributed by atoms with van der Waals surface area (Å²) >= 11 is 15.9. The largest absolute Gasteiger partial charge is 0.479 e. The Kier molecular flexibility index (Phi) is 4.55.